The molecule has 0 aliphatic carbocycles. The number of alkyl halides is 1. The van der Waals surface area contributed by atoms with Crippen molar-refractivity contribution in [1.82, 2.24) is 4.90 Å². The highest BCUT2D eigenvalue weighted by Crippen LogP contribution is 2.23. The zero-order chi connectivity index (χ0) is 6.91. The van der Waals surface area contributed by atoms with Gasteiger partial charge in [0.2, 0.25) is 0 Å². The lowest BCUT2D eigenvalue weighted by molar-refractivity contribution is 0.191. The Morgan fingerprint density at radius 2 is 2.33 bits per heavy atom. The fraction of sp³-hybridized carbons (Fsp3) is 1.00. The molecule has 0 saturated carbocycles. The van der Waals surface area contributed by atoms with Gasteiger partial charge >= 0.3 is 0 Å². The summed E-state index contributed by atoms with van der Waals surface area (Å²) in [6.45, 7) is 6.30. The molecule has 1 rings (SSSR count). The molecular formula is C7H14FN. The van der Waals surface area contributed by atoms with Crippen LogP contribution >= 0.6 is 0 Å². The Morgan fingerprint density at radius 3 is 2.56 bits per heavy atom. The van der Waals surface area contributed by atoms with Crippen molar-refractivity contribution in [2.45, 2.75) is 25.9 Å². The van der Waals surface area contributed by atoms with Gasteiger partial charge in [-0.25, -0.2) is 4.39 Å². The van der Waals surface area contributed by atoms with E-state index in [4.69, 9.17) is 0 Å². The highest BCUT2D eigenvalue weighted by molar-refractivity contribution is 4.85. The minimum absolute atomic E-state index is 0.628. The summed E-state index contributed by atoms with van der Waals surface area (Å²) < 4.78 is 13.0. The van der Waals surface area contributed by atoms with Crippen molar-refractivity contribution in [2.24, 2.45) is 0 Å². The first kappa shape index (κ1) is 7.00. The molecule has 0 amide bonds. The molecule has 1 nitrogen and oxygen atoms in total. The van der Waals surface area contributed by atoms with E-state index < -0.39 is 5.67 Å². The van der Waals surface area contributed by atoms with Gasteiger partial charge in [-0.3, -0.25) is 0 Å². The first-order chi connectivity index (χ1) is 4.14. The van der Waals surface area contributed by atoms with Crippen LogP contribution in [0.25, 0.3) is 0 Å². The molecule has 54 valence electrons. The Balaban J connectivity index is 2.38. The molecule has 0 radical (unpaired) electrons. The summed E-state index contributed by atoms with van der Waals surface area (Å²) >= 11 is 0. The number of hydrogen-bond acceptors (Lipinski definition) is 1. The van der Waals surface area contributed by atoms with Crippen molar-refractivity contribution in [3.8, 4) is 0 Å². The van der Waals surface area contributed by atoms with Crippen LogP contribution < -0.4 is 0 Å². The SMILES string of the molecule is CCN1CC[C@@](C)(F)C1. The van der Waals surface area contributed by atoms with E-state index in [0.29, 0.717) is 13.0 Å². The van der Waals surface area contributed by atoms with E-state index in [1.165, 1.54) is 0 Å². The molecule has 1 atom stereocenters. The van der Waals surface area contributed by atoms with E-state index in [-0.39, 0.29) is 0 Å². The molecule has 9 heavy (non-hydrogen) atoms. The van der Waals surface area contributed by atoms with E-state index in [1.807, 2.05) is 0 Å². The topological polar surface area (TPSA) is 3.24 Å². The molecule has 0 aromatic carbocycles. The van der Waals surface area contributed by atoms with Crippen LogP contribution in [0.2, 0.25) is 0 Å². The predicted molar refractivity (Wildman–Crippen MR) is 36.2 cm³/mol. The predicted octanol–water partition coefficient (Wildman–Crippen LogP) is 1.44. The molecule has 1 heterocycles. The maximum absolute atomic E-state index is 13.0. The highest BCUT2D eigenvalue weighted by Gasteiger charge is 2.32. The largest absolute Gasteiger partial charge is 0.300 e. The smallest absolute Gasteiger partial charge is 0.122 e. The van der Waals surface area contributed by atoms with Crippen LogP contribution in [0, 0.1) is 0 Å². The zero-order valence-corrected chi connectivity index (χ0v) is 6.15. The number of halogens is 1. The first-order valence-electron chi connectivity index (χ1n) is 3.55. The molecule has 0 aromatic heterocycles. The lowest BCUT2D eigenvalue weighted by atomic mass is 10.1. The molecule has 0 aromatic rings. The number of nitrogens with zero attached hydrogens (tertiary/aromatic N) is 1. The van der Waals surface area contributed by atoms with Gasteiger partial charge in [0.15, 0.2) is 0 Å². The molecule has 1 saturated heterocycles. The Hall–Kier alpha value is -0.110. The minimum atomic E-state index is -0.907. The Bertz CT molecular complexity index is 101. The maximum atomic E-state index is 13.0. The summed E-state index contributed by atoms with van der Waals surface area (Å²) in [5.41, 5.74) is -0.907. The van der Waals surface area contributed by atoms with Crippen LogP contribution in [-0.2, 0) is 0 Å². The van der Waals surface area contributed by atoms with Gasteiger partial charge in [-0.15, -0.1) is 0 Å². The molecule has 1 fully saturated rings. The monoisotopic (exact) mass is 131 g/mol. The van der Waals surface area contributed by atoms with Crippen molar-refractivity contribution >= 4 is 0 Å². The van der Waals surface area contributed by atoms with E-state index in [0.717, 1.165) is 13.1 Å². The van der Waals surface area contributed by atoms with Crippen LogP contribution in [0.15, 0.2) is 0 Å². The van der Waals surface area contributed by atoms with Crippen molar-refractivity contribution in [2.75, 3.05) is 19.6 Å². The van der Waals surface area contributed by atoms with E-state index in [1.54, 1.807) is 6.92 Å². The minimum Gasteiger partial charge on any atom is -0.300 e. The summed E-state index contributed by atoms with van der Waals surface area (Å²) in [6.07, 6.45) is 0.709. The van der Waals surface area contributed by atoms with Gasteiger partial charge < -0.3 is 4.90 Å². The number of hydrogen-bond donors (Lipinski definition) is 0. The van der Waals surface area contributed by atoms with Gasteiger partial charge in [0.25, 0.3) is 0 Å². The van der Waals surface area contributed by atoms with Crippen molar-refractivity contribution in [1.29, 1.82) is 0 Å². The van der Waals surface area contributed by atoms with Crippen molar-refractivity contribution < 1.29 is 4.39 Å². The number of rotatable bonds is 1. The molecule has 1 aliphatic rings. The van der Waals surface area contributed by atoms with E-state index in [2.05, 4.69) is 11.8 Å². The quantitative estimate of drug-likeness (QED) is 0.520. The van der Waals surface area contributed by atoms with Crippen molar-refractivity contribution in [3.05, 3.63) is 0 Å². The second-order valence-corrected chi connectivity index (χ2v) is 3.03. The van der Waals surface area contributed by atoms with Gasteiger partial charge in [0.05, 0.1) is 0 Å². The Kier molecular flexibility index (Phi) is 1.75. The summed E-state index contributed by atoms with van der Waals surface area (Å²) in [4.78, 5) is 2.14. The molecule has 1 aliphatic heterocycles. The lowest BCUT2D eigenvalue weighted by Gasteiger charge is -2.13. The van der Waals surface area contributed by atoms with Gasteiger partial charge in [-0.2, -0.15) is 0 Å². The first-order valence-corrected chi connectivity index (χ1v) is 3.55. The Morgan fingerprint density at radius 1 is 1.67 bits per heavy atom. The zero-order valence-electron chi connectivity index (χ0n) is 6.15. The van der Waals surface area contributed by atoms with E-state index >= 15 is 0 Å². The van der Waals surface area contributed by atoms with Crippen LogP contribution in [0.1, 0.15) is 20.3 Å². The van der Waals surface area contributed by atoms with Gasteiger partial charge in [-0.1, -0.05) is 6.92 Å². The van der Waals surface area contributed by atoms with Crippen LogP contribution in [0.5, 0.6) is 0 Å². The van der Waals surface area contributed by atoms with Gasteiger partial charge in [-0.05, 0) is 19.9 Å². The van der Waals surface area contributed by atoms with Crippen LogP contribution in [0.3, 0.4) is 0 Å². The third-order valence-electron chi connectivity index (χ3n) is 1.95. The fourth-order valence-electron chi connectivity index (χ4n) is 1.29. The van der Waals surface area contributed by atoms with E-state index in [9.17, 15) is 4.39 Å². The summed E-state index contributed by atoms with van der Waals surface area (Å²) in [7, 11) is 0. The van der Waals surface area contributed by atoms with Crippen LogP contribution in [0.4, 0.5) is 4.39 Å². The van der Waals surface area contributed by atoms with Crippen LogP contribution in [-0.4, -0.2) is 30.2 Å². The second kappa shape index (κ2) is 2.25. The normalized spacial score (nSPS) is 37.7. The third-order valence-corrected chi connectivity index (χ3v) is 1.95. The Labute approximate surface area is 55.8 Å². The summed E-state index contributed by atoms with van der Waals surface area (Å²) in [5.74, 6) is 0. The summed E-state index contributed by atoms with van der Waals surface area (Å²) in [5, 5.41) is 0. The molecule has 0 spiro atoms. The molecule has 0 bridgehead atoms. The molecular weight excluding hydrogens is 117 g/mol. The average Bonchev–Trinajstić information content (AvgIpc) is 2.10. The van der Waals surface area contributed by atoms with Crippen molar-refractivity contribution in [3.63, 3.8) is 0 Å². The average molecular weight is 131 g/mol. The highest BCUT2D eigenvalue weighted by atomic mass is 19.1. The number of likely N-dealkylation sites (tertiary alicyclic amines) is 1. The van der Waals surface area contributed by atoms with Gasteiger partial charge in [0, 0.05) is 13.1 Å². The standard InChI is InChI=1S/C7H14FN/c1-3-9-5-4-7(2,8)6-9/h3-6H2,1-2H3/t7-/m1/s1. The summed E-state index contributed by atoms with van der Waals surface area (Å²) in [6, 6.07) is 0. The second-order valence-electron chi connectivity index (χ2n) is 3.03. The molecule has 0 unspecified atom stereocenters. The lowest BCUT2D eigenvalue weighted by Crippen LogP contribution is -2.25. The molecule has 2 heteroatoms. The molecule has 0 N–H and O–H groups in total. The fourth-order valence-corrected chi connectivity index (χ4v) is 1.29. The third kappa shape index (κ3) is 1.65. The maximum Gasteiger partial charge on any atom is 0.122 e. The van der Waals surface area contributed by atoms with Gasteiger partial charge in [0.1, 0.15) is 5.67 Å².